The Balaban J connectivity index is 2.40. The molecule has 1 N–H and O–H groups in total. The van der Waals surface area contributed by atoms with E-state index in [0.29, 0.717) is 22.4 Å². The summed E-state index contributed by atoms with van der Waals surface area (Å²) in [7, 11) is 1.92. The molecule has 1 fully saturated rings. The maximum absolute atomic E-state index is 13.6. The van der Waals surface area contributed by atoms with E-state index in [4.69, 9.17) is 16.3 Å². The third-order valence-corrected chi connectivity index (χ3v) is 4.96. The summed E-state index contributed by atoms with van der Waals surface area (Å²) >= 11 is 6.26. The van der Waals surface area contributed by atoms with Gasteiger partial charge in [-0.2, -0.15) is 0 Å². The van der Waals surface area contributed by atoms with Crippen molar-refractivity contribution in [2.45, 2.75) is 45.9 Å². The van der Waals surface area contributed by atoms with Crippen molar-refractivity contribution < 1.29 is 9.13 Å². The molecule has 4 heteroatoms. The van der Waals surface area contributed by atoms with Crippen LogP contribution in [0.1, 0.15) is 37.9 Å². The van der Waals surface area contributed by atoms with Crippen molar-refractivity contribution in [3.05, 3.63) is 34.1 Å². The largest absolute Gasteiger partial charge is 0.375 e. The second-order valence-electron chi connectivity index (χ2n) is 5.87. The number of nitrogens with one attached hydrogen (secondary N) is 1. The van der Waals surface area contributed by atoms with Crippen LogP contribution in [0.5, 0.6) is 0 Å². The molecule has 1 heterocycles. The van der Waals surface area contributed by atoms with Crippen molar-refractivity contribution in [2.75, 3.05) is 7.05 Å². The monoisotopic (exact) mass is 299 g/mol. The van der Waals surface area contributed by atoms with Gasteiger partial charge in [-0.05, 0) is 50.9 Å². The number of rotatable bonds is 3. The zero-order valence-electron chi connectivity index (χ0n) is 12.7. The van der Waals surface area contributed by atoms with Gasteiger partial charge in [-0.15, -0.1) is 0 Å². The SMILES string of the molecule is CNC(c1cc(C)c(F)cc1Cl)C1C(C)OC(C)C1C. The summed E-state index contributed by atoms with van der Waals surface area (Å²) in [6.07, 6.45) is 0.380. The molecule has 0 bridgehead atoms. The summed E-state index contributed by atoms with van der Waals surface area (Å²) in [4.78, 5) is 0. The van der Waals surface area contributed by atoms with Crippen molar-refractivity contribution in [3.8, 4) is 0 Å². The van der Waals surface area contributed by atoms with Crippen molar-refractivity contribution in [2.24, 2.45) is 11.8 Å². The first-order chi connectivity index (χ1) is 9.36. The molecule has 1 aromatic carbocycles. The van der Waals surface area contributed by atoms with Crippen LogP contribution in [0.4, 0.5) is 4.39 Å². The van der Waals surface area contributed by atoms with Crippen LogP contribution >= 0.6 is 11.6 Å². The minimum absolute atomic E-state index is 0.0664. The lowest BCUT2D eigenvalue weighted by Gasteiger charge is -2.30. The third kappa shape index (κ3) is 2.72. The van der Waals surface area contributed by atoms with Gasteiger partial charge in [0.05, 0.1) is 12.2 Å². The van der Waals surface area contributed by atoms with E-state index in [1.165, 1.54) is 6.07 Å². The quantitative estimate of drug-likeness (QED) is 0.907. The molecule has 0 aromatic heterocycles. The number of benzene rings is 1. The molecule has 112 valence electrons. The highest BCUT2D eigenvalue weighted by atomic mass is 35.5. The van der Waals surface area contributed by atoms with Gasteiger partial charge in [0.25, 0.3) is 0 Å². The molecule has 0 spiro atoms. The van der Waals surface area contributed by atoms with Gasteiger partial charge in [0.15, 0.2) is 0 Å². The summed E-state index contributed by atoms with van der Waals surface area (Å²) in [6.45, 7) is 8.17. The number of hydrogen-bond acceptors (Lipinski definition) is 2. The Morgan fingerprint density at radius 2 is 1.90 bits per heavy atom. The van der Waals surface area contributed by atoms with Crippen LogP contribution in [0, 0.1) is 24.6 Å². The van der Waals surface area contributed by atoms with Crippen LogP contribution in [0.2, 0.25) is 5.02 Å². The Labute approximate surface area is 125 Å². The fourth-order valence-corrected chi connectivity index (χ4v) is 3.61. The normalized spacial score (nSPS) is 31.6. The van der Waals surface area contributed by atoms with Crippen LogP contribution in [0.25, 0.3) is 0 Å². The molecule has 0 saturated carbocycles. The molecule has 2 rings (SSSR count). The molecular formula is C16H23ClFNO. The Morgan fingerprint density at radius 3 is 2.40 bits per heavy atom. The first-order valence-electron chi connectivity index (χ1n) is 7.15. The van der Waals surface area contributed by atoms with E-state index in [2.05, 4.69) is 26.1 Å². The van der Waals surface area contributed by atoms with Crippen LogP contribution in [0.3, 0.4) is 0 Å². The van der Waals surface area contributed by atoms with Crippen molar-refractivity contribution in [3.63, 3.8) is 0 Å². The second kappa shape index (κ2) is 6.00. The first kappa shape index (κ1) is 15.7. The summed E-state index contributed by atoms with van der Waals surface area (Å²) < 4.78 is 19.5. The van der Waals surface area contributed by atoms with E-state index in [9.17, 15) is 4.39 Å². The van der Waals surface area contributed by atoms with Gasteiger partial charge in [-0.1, -0.05) is 24.6 Å². The standard InChI is InChI=1S/C16H23ClFNO/c1-8-6-12(13(17)7-14(8)18)16(19-5)15-9(2)10(3)20-11(15)4/h6-7,9-11,15-16,19H,1-5H3. The van der Waals surface area contributed by atoms with Crippen molar-refractivity contribution in [1.29, 1.82) is 0 Å². The molecule has 2 nitrogen and oxygen atoms in total. The topological polar surface area (TPSA) is 21.3 Å². The molecule has 1 aliphatic rings. The molecule has 0 aliphatic carbocycles. The highest BCUT2D eigenvalue weighted by Gasteiger charge is 2.42. The molecule has 0 radical (unpaired) electrons. The van der Waals surface area contributed by atoms with E-state index < -0.39 is 0 Å². The van der Waals surface area contributed by atoms with E-state index in [1.54, 1.807) is 6.92 Å². The van der Waals surface area contributed by atoms with Crippen LogP contribution in [0.15, 0.2) is 12.1 Å². The number of ether oxygens (including phenoxy) is 1. The Kier molecular flexibility index (Phi) is 4.73. The summed E-state index contributed by atoms with van der Waals surface area (Å²) in [5.41, 5.74) is 1.58. The van der Waals surface area contributed by atoms with E-state index in [0.717, 1.165) is 5.56 Å². The van der Waals surface area contributed by atoms with Crippen LogP contribution in [-0.4, -0.2) is 19.3 Å². The molecule has 1 aliphatic heterocycles. The van der Waals surface area contributed by atoms with Gasteiger partial charge in [0.2, 0.25) is 0 Å². The van der Waals surface area contributed by atoms with Gasteiger partial charge in [0.1, 0.15) is 5.82 Å². The van der Waals surface area contributed by atoms with E-state index in [1.807, 2.05) is 13.1 Å². The fraction of sp³-hybridized carbons (Fsp3) is 0.625. The molecule has 1 saturated heterocycles. The maximum atomic E-state index is 13.6. The van der Waals surface area contributed by atoms with Crippen molar-refractivity contribution >= 4 is 11.6 Å². The number of halogens is 2. The smallest absolute Gasteiger partial charge is 0.127 e. The third-order valence-electron chi connectivity index (χ3n) is 4.63. The van der Waals surface area contributed by atoms with Gasteiger partial charge in [0, 0.05) is 17.0 Å². The first-order valence-corrected chi connectivity index (χ1v) is 7.52. The Hall–Kier alpha value is -0.640. The zero-order valence-corrected chi connectivity index (χ0v) is 13.5. The average molecular weight is 300 g/mol. The Bertz CT molecular complexity index is 494. The number of aryl methyl sites for hydroxylation is 1. The number of hydrogen-bond donors (Lipinski definition) is 1. The van der Waals surface area contributed by atoms with Gasteiger partial charge < -0.3 is 10.1 Å². The second-order valence-corrected chi connectivity index (χ2v) is 6.28. The van der Waals surface area contributed by atoms with Crippen molar-refractivity contribution in [1.82, 2.24) is 5.32 Å². The molecule has 5 atom stereocenters. The van der Waals surface area contributed by atoms with Gasteiger partial charge in [-0.25, -0.2) is 4.39 Å². The summed E-state index contributed by atoms with van der Waals surface area (Å²) in [5, 5.41) is 3.82. The predicted molar refractivity (Wildman–Crippen MR) is 80.6 cm³/mol. The molecule has 1 aromatic rings. The minimum Gasteiger partial charge on any atom is -0.375 e. The van der Waals surface area contributed by atoms with Gasteiger partial charge >= 0.3 is 0 Å². The van der Waals surface area contributed by atoms with Gasteiger partial charge in [-0.3, -0.25) is 0 Å². The summed E-state index contributed by atoms with van der Waals surface area (Å²) in [5.74, 6) is 0.479. The van der Waals surface area contributed by atoms with E-state index >= 15 is 0 Å². The molecule has 20 heavy (non-hydrogen) atoms. The molecule has 5 unspecified atom stereocenters. The van der Waals surface area contributed by atoms with Crippen LogP contribution in [-0.2, 0) is 4.74 Å². The minimum atomic E-state index is -0.259. The summed E-state index contributed by atoms with van der Waals surface area (Å²) in [6, 6.07) is 3.32. The zero-order chi connectivity index (χ0) is 15.0. The fourth-order valence-electron chi connectivity index (χ4n) is 3.34. The average Bonchev–Trinajstić information content (AvgIpc) is 2.63. The lowest BCUT2D eigenvalue weighted by atomic mass is 9.80. The van der Waals surface area contributed by atoms with E-state index in [-0.39, 0.29) is 24.1 Å². The Morgan fingerprint density at radius 1 is 1.25 bits per heavy atom. The van der Waals surface area contributed by atoms with Crippen LogP contribution < -0.4 is 5.32 Å². The predicted octanol–water partition coefficient (Wildman–Crippen LogP) is 4.11. The lowest BCUT2D eigenvalue weighted by molar-refractivity contribution is 0.0478. The maximum Gasteiger partial charge on any atom is 0.127 e. The molecular weight excluding hydrogens is 277 g/mol. The highest BCUT2D eigenvalue weighted by molar-refractivity contribution is 6.31. The highest BCUT2D eigenvalue weighted by Crippen LogP contribution is 2.42. The lowest BCUT2D eigenvalue weighted by Crippen LogP contribution is -2.33. The molecule has 0 amide bonds.